The third kappa shape index (κ3) is 3.22. The van der Waals surface area contributed by atoms with Gasteiger partial charge in [-0.2, -0.15) is 10.2 Å². The highest BCUT2D eigenvalue weighted by Gasteiger charge is 2.25. The molecule has 1 aromatic heterocycles. The molecule has 0 saturated carbocycles. The van der Waals surface area contributed by atoms with Crippen LogP contribution < -0.4 is 11.1 Å². The minimum Gasteiger partial charge on any atom is -0.391 e. The van der Waals surface area contributed by atoms with Gasteiger partial charge in [0.2, 0.25) is 0 Å². The smallest absolute Gasteiger partial charge is 0.254 e. The molecule has 0 spiro atoms. The second-order valence-electron chi connectivity index (χ2n) is 4.64. The van der Waals surface area contributed by atoms with Crippen LogP contribution >= 0.6 is 12.2 Å². The molecule has 1 heterocycles. The number of nitrogens with two attached hydrogens (primary N) is 1. The highest BCUT2D eigenvalue weighted by molar-refractivity contribution is 7.80. The Labute approximate surface area is 112 Å². The summed E-state index contributed by atoms with van der Waals surface area (Å²) in [6.07, 6.45) is 0.642. The van der Waals surface area contributed by atoms with Crippen molar-refractivity contribution in [1.82, 2.24) is 15.5 Å². The standard InChI is InChI=1S/C12H18N4OS/c1-5-9-8(6-7(2)15-16-9)10(17)14-12(3,4)11(13)18/h6H,5H2,1-4H3,(H2,13,18)(H,14,17). The van der Waals surface area contributed by atoms with Crippen molar-refractivity contribution in [3.05, 3.63) is 23.0 Å². The monoisotopic (exact) mass is 266 g/mol. The third-order valence-electron chi connectivity index (χ3n) is 2.61. The molecule has 0 atom stereocenters. The SMILES string of the molecule is CCc1nnc(C)cc1C(=O)NC(C)(C)C(N)=S. The summed E-state index contributed by atoms with van der Waals surface area (Å²) in [4.78, 5) is 12.4. The Hall–Kier alpha value is -1.56. The zero-order valence-electron chi connectivity index (χ0n) is 11.1. The summed E-state index contributed by atoms with van der Waals surface area (Å²) in [5.41, 5.74) is 6.74. The van der Waals surface area contributed by atoms with Crippen LogP contribution in [-0.2, 0) is 6.42 Å². The second kappa shape index (κ2) is 5.39. The van der Waals surface area contributed by atoms with E-state index in [4.69, 9.17) is 18.0 Å². The van der Waals surface area contributed by atoms with E-state index in [2.05, 4.69) is 15.5 Å². The Kier molecular flexibility index (Phi) is 4.34. The average Bonchev–Trinajstić information content (AvgIpc) is 2.28. The van der Waals surface area contributed by atoms with Crippen LogP contribution in [0.3, 0.4) is 0 Å². The van der Waals surface area contributed by atoms with Crippen LogP contribution in [-0.4, -0.2) is 26.6 Å². The van der Waals surface area contributed by atoms with E-state index in [0.717, 1.165) is 0 Å². The first kappa shape index (κ1) is 14.5. The average molecular weight is 266 g/mol. The minimum atomic E-state index is -0.728. The first-order valence-corrected chi connectivity index (χ1v) is 6.14. The summed E-state index contributed by atoms with van der Waals surface area (Å²) in [6.45, 7) is 7.25. The number of nitrogens with zero attached hydrogens (tertiary/aromatic N) is 2. The van der Waals surface area contributed by atoms with Crippen LogP contribution in [0.25, 0.3) is 0 Å². The van der Waals surface area contributed by atoms with E-state index >= 15 is 0 Å². The molecule has 0 aliphatic carbocycles. The highest BCUT2D eigenvalue weighted by Crippen LogP contribution is 2.10. The van der Waals surface area contributed by atoms with Crippen molar-refractivity contribution in [2.45, 2.75) is 39.7 Å². The maximum Gasteiger partial charge on any atom is 0.254 e. The van der Waals surface area contributed by atoms with E-state index in [-0.39, 0.29) is 10.9 Å². The Bertz CT molecular complexity index is 485. The number of carbonyl (C=O) groups excluding carboxylic acids is 1. The van der Waals surface area contributed by atoms with Gasteiger partial charge in [0.05, 0.1) is 27.5 Å². The molecule has 0 bridgehead atoms. The van der Waals surface area contributed by atoms with Crippen LogP contribution in [0.4, 0.5) is 0 Å². The largest absolute Gasteiger partial charge is 0.391 e. The molecule has 0 saturated heterocycles. The lowest BCUT2D eigenvalue weighted by atomic mass is 10.0. The number of hydrogen-bond donors (Lipinski definition) is 2. The number of carbonyl (C=O) groups is 1. The molecular weight excluding hydrogens is 248 g/mol. The topological polar surface area (TPSA) is 80.9 Å². The third-order valence-corrected chi connectivity index (χ3v) is 3.12. The van der Waals surface area contributed by atoms with Crippen LogP contribution in [0.2, 0.25) is 0 Å². The summed E-state index contributed by atoms with van der Waals surface area (Å²) in [5, 5.41) is 10.8. The maximum absolute atomic E-state index is 12.2. The van der Waals surface area contributed by atoms with Crippen molar-refractivity contribution in [2.24, 2.45) is 5.73 Å². The Morgan fingerprint density at radius 3 is 2.61 bits per heavy atom. The molecule has 0 aliphatic heterocycles. The number of amides is 1. The molecule has 3 N–H and O–H groups in total. The van der Waals surface area contributed by atoms with Crippen molar-refractivity contribution in [3.8, 4) is 0 Å². The first-order chi connectivity index (χ1) is 8.27. The second-order valence-corrected chi connectivity index (χ2v) is 5.08. The van der Waals surface area contributed by atoms with Gasteiger partial charge in [-0.15, -0.1) is 0 Å². The van der Waals surface area contributed by atoms with Crippen molar-refractivity contribution in [1.29, 1.82) is 0 Å². The first-order valence-electron chi connectivity index (χ1n) is 5.73. The predicted molar refractivity (Wildman–Crippen MR) is 74.5 cm³/mol. The number of aryl methyl sites for hydroxylation is 2. The van der Waals surface area contributed by atoms with Gasteiger partial charge < -0.3 is 11.1 Å². The van der Waals surface area contributed by atoms with Crippen LogP contribution in [0.1, 0.15) is 42.5 Å². The fourth-order valence-corrected chi connectivity index (χ4v) is 1.44. The molecule has 0 fully saturated rings. The number of rotatable bonds is 4. The summed E-state index contributed by atoms with van der Waals surface area (Å²) in [5.74, 6) is -0.234. The molecule has 1 rings (SSSR count). The van der Waals surface area contributed by atoms with Gasteiger partial charge >= 0.3 is 0 Å². The Morgan fingerprint density at radius 2 is 2.11 bits per heavy atom. The minimum absolute atomic E-state index is 0.234. The molecule has 18 heavy (non-hydrogen) atoms. The molecule has 0 unspecified atom stereocenters. The van der Waals surface area contributed by atoms with E-state index in [1.54, 1.807) is 26.8 Å². The number of thiocarbonyl (C=S) groups is 1. The zero-order valence-corrected chi connectivity index (χ0v) is 11.9. The van der Waals surface area contributed by atoms with Crippen LogP contribution in [0.15, 0.2) is 6.07 Å². The normalized spacial score (nSPS) is 11.1. The van der Waals surface area contributed by atoms with Gasteiger partial charge in [0.25, 0.3) is 5.91 Å². The maximum atomic E-state index is 12.2. The van der Waals surface area contributed by atoms with Crippen molar-refractivity contribution < 1.29 is 4.79 Å². The molecular formula is C12H18N4OS. The molecule has 0 aromatic carbocycles. The molecule has 1 amide bonds. The van der Waals surface area contributed by atoms with E-state index in [1.807, 2.05) is 6.92 Å². The van der Waals surface area contributed by atoms with Gasteiger partial charge in [0, 0.05) is 0 Å². The molecule has 6 heteroatoms. The van der Waals surface area contributed by atoms with Gasteiger partial charge in [-0.25, -0.2) is 0 Å². The number of aromatic nitrogens is 2. The fraction of sp³-hybridized carbons (Fsp3) is 0.500. The van der Waals surface area contributed by atoms with Gasteiger partial charge in [0.15, 0.2) is 0 Å². The van der Waals surface area contributed by atoms with Crippen molar-refractivity contribution in [2.75, 3.05) is 0 Å². The quantitative estimate of drug-likeness (QED) is 0.799. The molecule has 5 nitrogen and oxygen atoms in total. The summed E-state index contributed by atoms with van der Waals surface area (Å²) in [7, 11) is 0. The van der Waals surface area contributed by atoms with Gasteiger partial charge in [0.1, 0.15) is 0 Å². The summed E-state index contributed by atoms with van der Waals surface area (Å²) < 4.78 is 0. The summed E-state index contributed by atoms with van der Waals surface area (Å²) >= 11 is 4.92. The van der Waals surface area contributed by atoms with E-state index in [1.165, 1.54) is 0 Å². The van der Waals surface area contributed by atoms with Crippen molar-refractivity contribution in [3.63, 3.8) is 0 Å². The fourth-order valence-electron chi connectivity index (χ4n) is 1.38. The lowest BCUT2D eigenvalue weighted by Crippen LogP contribution is -2.52. The van der Waals surface area contributed by atoms with Crippen molar-refractivity contribution >= 4 is 23.1 Å². The lowest BCUT2D eigenvalue weighted by Gasteiger charge is -2.25. The van der Waals surface area contributed by atoms with Gasteiger partial charge in [-0.3, -0.25) is 4.79 Å². The molecule has 98 valence electrons. The number of hydrogen-bond acceptors (Lipinski definition) is 4. The zero-order chi connectivity index (χ0) is 13.9. The highest BCUT2D eigenvalue weighted by atomic mass is 32.1. The molecule has 1 aromatic rings. The Morgan fingerprint density at radius 1 is 1.50 bits per heavy atom. The van der Waals surface area contributed by atoms with E-state index in [9.17, 15) is 4.79 Å². The van der Waals surface area contributed by atoms with E-state index in [0.29, 0.717) is 23.4 Å². The Balaban J connectivity index is 3.04. The predicted octanol–water partition coefficient (Wildman–Crippen LogP) is 1.14. The summed E-state index contributed by atoms with van der Waals surface area (Å²) in [6, 6.07) is 1.72. The molecule has 0 aliphatic rings. The van der Waals surface area contributed by atoms with E-state index < -0.39 is 5.54 Å². The lowest BCUT2D eigenvalue weighted by molar-refractivity contribution is 0.0930. The number of nitrogens with one attached hydrogen (secondary N) is 1. The van der Waals surface area contributed by atoms with Gasteiger partial charge in [-0.1, -0.05) is 19.1 Å². The molecule has 0 radical (unpaired) electrons. The van der Waals surface area contributed by atoms with Crippen LogP contribution in [0.5, 0.6) is 0 Å². The van der Waals surface area contributed by atoms with Gasteiger partial charge in [-0.05, 0) is 33.3 Å². The van der Waals surface area contributed by atoms with Crippen LogP contribution in [0, 0.1) is 6.92 Å².